The molecule has 0 unspecified atom stereocenters. The molecule has 0 N–H and O–H groups in total. The van der Waals surface area contributed by atoms with E-state index in [2.05, 4.69) is 11.8 Å². The average Bonchev–Trinajstić information content (AvgIpc) is 3.12. The van der Waals surface area contributed by atoms with Crippen molar-refractivity contribution in [1.82, 2.24) is 14.1 Å². The van der Waals surface area contributed by atoms with Gasteiger partial charge in [-0.1, -0.05) is 6.92 Å². The molecule has 1 amide bonds. The van der Waals surface area contributed by atoms with Crippen molar-refractivity contribution < 1.29 is 22.7 Å². The van der Waals surface area contributed by atoms with E-state index >= 15 is 0 Å². The van der Waals surface area contributed by atoms with Gasteiger partial charge in [-0.15, -0.1) is 0 Å². The first-order chi connectivity index (χ1) is 15.8. The Labute approximate surface area is 198 Å². The van der Waals surface area contributed by atoms with Crippen molar-refractivity contribution in [2.75, 3.05) is 59.6 Å². The van der Waals surface area contributed by atoms with Gasteiger partial charge in [-0.3, -0.25) is 4.79 Å². The molecule has 33 heavy (non-hydrogen) atoms. The number of nitrogens with zero attached hydrogens (tertiary/aromatic N) is 3. The van der Waals surface area contributed by atoms with Crippen LogP contribution in [0.3, 0.4) is 0 Å². The molecule has 0 spiro atoms. The predicted octanol–water partition coefficient (Wildman–Crippen LogP) is 2.43. The van der Waals surface area contributed by atoms with Gasteiger partial charge in [0, 0.05) is 32.2 Å². The number of ether oxygens (including phenoxy) is 2. The first kappa shape index (κ1) is 25.9. The first-order valence-electron chi connectivity index (χ1n) is 12.0. The number of sulfonamides is 1. The van der Waals surface area contributed by atoms with Crippen LogP contribution in [0.15, 0.2) is 17.0 Å². The van der Waals surface area contributed by atoms with E-state index in [1.807, 2.05) is 4.90 Å². The molecule has 0 aromatic heterocycles. The van der Waals surface area contributed by atoms with Crippen molar-refractivity contribution in [2.24, 2.45) is 0 Å². The fourth-order valence-electron chi connectivity index (χ4n) is 4.98. The minimum absolute atomic E-state index is 0.00123. The van der Waals surface area contributed by atoms with Gasteiger partial charge in [-0.05, 0) is 75.9 Å². The maximum absolute atomic E-state index is 13.5. The number of carbonyl (C=O) groups excluding carboxylic acids is 1. The molecule has 2 aliphatic rings. The lowest BCUT2D eigenvalue weighted by molar-refractivity contribution is -0.136. The van der Waals surface area contributed by atoms with Crippen LogP contribution in [0, 0.1) is 13.8 Å². The minimum Gasteiger partial charge on any atom is -0.497 e. The fourth-order valence-corrected chi connectivity index (χ4v) is 7.07. The Kier molecular flexibility index (Phi) is 9.15. The summed E-state index contributed by atoms with van der Waals surface area (Å²) in [6, 6.07) is 3.25. The Balaban J connectivity index is 1.58. The lowest BCUT2D eigenvalue weighted by atomic mass is 10.1. The van der Waals surface area contributed by atoms with Crippen molar-refractivity contribution in [3.63, 3.8) is 0 Å². The number of aryl methyl sites for hydroxylation is 2. The van der Waals surface area contributed by atoms with Gasteiger partial charge < -0.3 is 19.3 Å². The third-order valence-electron chi connectivity index (χ3n) is 6.58. The standard InChI is InChI=1S/C24H39N3O5S/c1-5-9-25-10-7-11-26(14-13-25)23(28)18-32-17-21-8-6-12-27(21)33(29,30)24-19(2)15-22(31-4)16-20(24)3/h15-16,21H,5-14,17-18H2,1-4H3/t21-/m0/s1. The van der Waals surface area contributed by atoms with Crippen LogP contribution in [0.2, 0.25) is 0 Å². The fraction of sp³-hybridized carbons (Fsp3) is 0.708. The summed E-state index contributed by atoms with van der Waals surface area (Å²) in [6.45, 7) is 10.9. The molecule has 1 atom stereocenters. The number of hydrogen-bond acceptors (Lipinski definition) is 6. The molecule has 0 saturated carbocycles. The van der Waals surface area contributed by atoms with Crippen LogP contribution in [-0.2, 0) is 19.6 Å². The Hall–Kier alpha value is -1.68. The zero-order valence-corrected chi connectivity index (χ0v) is 21.3. The third kappa shape index (κ3) is 6.26. The first-order valence-corrected chi connectivity index (χ1v) is 13.5. The molecule has 3 rings (SSSR count). The van der Waals surface area contributed by atoms with E-state index in [0.29, 0.717) is 28.3 Å². The van der Waals surface area contributed by atoms with Gasteiger partial charge in [0.05, 0.1) is 18.6 Å². The molecule has 0 radical (unpaired) electrons. The molecule has 8 nitrogen and oxygen atoms in total. The number of rotatable bonds is 9. The molecular weight excluding hydrogens is 442 g/mol. The second kappa shape index (κ2) is 11.6. The maximum atomic E-state index is 13.5. The second-order valence-corrected chi connectivity index (χ2v) is 10.9. The number of carbonyl (C=O) groups is 1. The number of hydrogen-bond donors (Lipinski definition) is 0. The SMILES string of the molecule is CCCN1CCCN(C(=O)COC[C@@H]2CCCN2S(=O)(=O)c2c(C)cc(OC)cc2C)CC1. The van der Waals surface area contributed by atoms with Gasteiger partial charge in [0.2, 0.25) is 15.9 Å². The molecule has 1 aromatic rings. The summed E-state index contributed by atoms with van der Waals surface area (Å²) in [5.74, 6) is 0.637. The summed E-state index contributed by atoms with van der Waals surface area (Å²) in [5, 5.41) is 0. The molecule has 0 bridgehead atoms. The van der Waals surface area contributed by atoms with E-state index in [9.17, 15) is 13.2 Å². The molecule has 2 heterocycles. The molecule has 2 saturated heterocycles. The van der Waals surface area contributed by atoms with Gasteiger partial charge in [0.1, 0.15) is 12.4 Å². The highest BCUT2D eigenvalue weighted by molar-refractivity contribution is 7.89. The number of methoxy groups -OCH3 is 1. The third-order valence-corrected chi connectivity index (χ3v) is 8.83. The molecule has 1 aromatic carbocycles. The van der Waals surface area contributed by atoms with Crippen molar-refractivity contribution in [3.8, 4) is 5.75 Å². The largest absolute Gasteiger partial charge is 0.497 e. The van der Waals surface area contributed by atoms with Crippen LogP contribution in [0.25, 0.3) is 0 Å². The van der Waals surface area contributed by atoms with E-state index in [1.54, 1.807) is 37.4 Å². The van der Waals surface area contributed by atoms with Crippen LogP contribution >= 0.6 is 0 Å². The normalized spacial score (nSPS) is 20.7. The highest BCUT2D eigenvalue weighted by Gasteiger charge is 2.37. The molecule has 2 aliphatic heterocycles. The Morgan fingerprint density at radius 2 is 1.79 bits per heavy atom. The lowest BCUT2D eigenvalue weighted by Crippen LogP contribution is -2.41. The van der Waals surface area contributed by atoms with Crippen LogP contribution in [0.1, 0.15) is 43.7 Å². The molecule has 9 heteroatoms. The molecule has 186 valence electrons. The summed E-state index contributed by atoms with van der Waals surface area (Å²) in [7, 11) is -2.09. The van der Waals surface area contributed by atoms with E-state index in [1.165, 1.54) is 0 Å². The molecule has 0 aliphatic carbocycles. The summed E-state index contributed by atoms with van der Waals surface area (Å²) in [6.07, 6.45) is 3.61. The summed E-state index contributed by atoms with van der Waals surface area (Å²) in [5.41, 5.74) is 1.35. The molecule has 2 fully saturated rings. The Bertz CT molecular complexity index is 898. The van der Waals surface area contributed by atoms with Gasteiger partial charge in [0.25, 0.3) is 0 Å². The van der Waals surface area contributed by atoms with Crippen molar-refractivity contribution in [1.29, 1.82) is 0 Å². The van der Waals surface area contributed by atoms with E-state index < -0.39 is 10.0 Å². The molecular formula is C24H39N3O5S. The van der Waals surface area contributed by atoms with E-state index in [-0.39, 0.29) is 25.2 Å². The van der Waals surface area contributed by atoms with Crippen LogP contribution in [-0.4, -0.2) is 94.1 Å². The summed E-state index contributed by atoms with van der Waals surface area (Å²) >= 11 is 0. The van der Waals surface area contributed by atoms with Crippen molar-refractivity contribution in [2.45, 2.75) is 57.4 Å². The van der Waals surface area contributed by atoms with Crippen LogP contribution < -0.4 is 4.74 Å². The maximum Gasteiger partial charge on any atom is 0.248 e. The quantitative estimate of drug-likeness (QED) is 0.539. The average molecular weight is 482 g/mol. The van der Waals surface area contributed by atoms with Crippen molar-refractivity contribution in [3.05, 3.63) is 23.3 Å². The lowest BCUT2D eigenvalue weighted by Gasteiger charge is -2.26. The van der Waals surface area contributed by atoms with E-state index in [0.717, 1.165) is 58.4 Å². The topological polar surface area (TPSA) is 79.4 Å². The van der Waals surface area contributed by atoms with E-state index in [4.69, 9.17) is 9.47 Å². The van der Waals surface area contributed by atoms with Gasteiger partial charge in [-0.2, -0.15) is 4.31 Å². The number of benzene rings is 1. The van der Waals surface area contributed by atoms with Crippen LogP contribution in [0.4, 0.5) is 0 Å². The predicted molar refractivity (Wildman–Crippen MR) is 128 cm³/mol. The van der Waals surface area contributed by atoms with Gasteiger partial charge in [-0.25, -0.2) is 8.42 Å². The smallest absolute Gasteiger partial charge is 0.248 e. The van der Waals surface area contributed by atoms with Crippen molar-refractivity contribution >= 4 is 15.9 Å². The highest BCUT2D eigenvalue weighted by Crippen LogP contribution is 2.32. The highest BCUT2D eigenvalue weighted by atomic mass is 32.2. The second-order valence-electron chi connectivity index (χ2n) is 9.09. The van der Waals surface area contributed by atoms with Crippen LogP contribution in [0.5, 0.6) is 5.75 Å². The minimum atomic E-state index is -3.66. The zero-order chi connectivity index (χ0) is 24.0. The number of amides is 1. The summed E-state index contributed by atoms with van der Waals surface area (Å²) in [4.78, 5) is 17.3. The van der Waals surface area contributed by atoms with Gasteiger partial charge >= 0.3 is 0 Å². The monoisotopic (exact) mass is 481 g/mol. The van der Waals surface area contributed by atoms with Gasteiger partial charge in [0.15, 0.2) is 0 Å². The summed E-state index contributed by atoms with van der Waals surface area (Å²) < 4.78 is 39.6. The Morgan fingerprint density at radius 3 is 2.45 bits per heavy atom. The zero-order valence-electron chi connectivity index (χ0n) is 20.5. The Morgan fingerprint density at radius 1 is 1.06 bits per heavy atom.